The molecular weight excluding hydrogens is 414 g/mol. The Labute approximate surface area is 195 Å². The number of anilines is 2. The zero-order valence-corrected chi connectivity index (χ0v) is 19.2. The highest BCUT2D eigenvalue weighted by Crippen LogP contribution is 2.29. The van der Waals surface area contributed by atoms with Crippen molar-refractivity contribution in [3.63, 3.8) is 0 Å². The van der Waals surface area contributed by atoms with Crippen molar-refractivity contribution in [3.05, 3.63) is 48.2 Å². The Morgan fingerprint density at radius 3 is 2.33 bits per heavy atom. The van der Waals surface area contributed by atoms with Gasteiger partial charge in [0.15, 0.2) is 5.82 Å². The van der Waals surface area contributed by atoms with Crippen molar-refractivity contribution in [2.45, 2.75) is 44.9 Å². The summed E-state index contributed by atoms with van der Waals surface area (Å²) < 4.78 is 0. The minimum atomic E-state index is -0.0242. The first-order valence-corrected chi connectivity index (χ1v) is 12.4. The zero-order chi connectivity index (χ0) is 22.6. The number of hydrogen-bond donors (Lipinski definition) is 1. The second-order valence-corrected chi connectivity index (χ2v) is 9.82. The largest absolute Gasteiger partial charge is 0.353 e. The van der Waals surface area contributed by atoms with Crippen LogP contribution in [0, 0.1) is 17.8 Å². The van der Waals surface area contributed by atoms with Gasteiger partial charge in [0, 0.05) is 44.0 Å². The van der Waals surface area contributed by atoms with E-state index in [0.717, 1.165) is 56.7 Å². The molecule has 2 amide bonds. The molecule has 7 nitrogen and oxygen atoms in total. The first-order chi connectivity index (χ1) is 16.2. The van der Waals surface area contributed by atoms with Crippen LogP contribution < -0.4 is 10.2 Å². The van der Waals surface area contributed by atoms with Crippen LogP contribution in [-0.2, 0) is 16.0 Å². The van der Waals surface area contributed by atoms with Crippen LogP contribution >= 0.6 is 0 Å². The summed E-state index contributed by atoms with van der Waals surface area (Å²) in [6, 6.07) is 12.0. The fourth-order valence-corrected chi connectivity index (χ4v) is 5.38. The molecule has 3 aliphatic rings. The number of nitrogens with one attached hydrogen (secondary N) is 1. The van der Waals surface area contributed by atoms with E-state index in [0.29, 0.717) is 30.8 Å². The summed E-state index contributed by atoms with van der Waals surface area (Å²) >= 11 is 0. The van der Waals surface area contributed by atoms with E-state index in [9.17, 15) is 9.59 Å². The molecule has 1 saturated carbocycles. The third-order valence-electron chi connectivity index (χ3n) is 7.51. The monoisotopic (exact) mass is 447 g/mol. The number of piperidine rings is 1. The zero-order valence-electron chi connectivity index (χ0n) is 19.2. The molecule has 0 radical (unpaired) electrons. The van der Waals surface area contributed by atoms with Gasteiger partial charge in [-0.1, -0.05) is 25.0 Å². The molecule has 7 heteroatoms. The van der Waals surface area contributed by atoms with Crippen molar-refractivity contribution in [2.75, 3.05) is 36.4 Å². The van der Waals surface area contributed by atoms with E-state index >= 15 is 0 Å². The Kier molecular flexibility index (Phi) is 6.55. The van der Waals surface area contributed by atoms with Gasteiger partial charge in [0.1, 0.15) is 0 Å². The second kappa shape index (κ2) is 9.89. The van der Waals surface area contributed by atoms with Crippen LogP contribution in [0.3, 0.4) is 0 Å². The lowest BCUT2D eigenvalue weighted by Gasteiger charge is -2.38. The normalized spacial score (nSPS) is 20.0. The van der Waals surface area contributed by atoms with Crippen LogP contribution in [0.5, 0.6) is 0 Å². The van der Waals surface area contributed by atoms with E-state index in [4.69, 9.17) is 0 Å². The van der Waals surface area contributed by atoms with Gasteiger partial charge in [0.05, 0.1) is 5.92 Å². The molecule has 1 aromatic carbocycles. The minimum absolute atomic E-state index is 0.0242. The number of carbonyl (C=O) groups is 2. The molecule has 2 aromatic rings. The van der Waals surface area contributed by atoms with Crippen LogP contribution in [0.1, 0.15) is 44.1 Å². The first kappa shape index (κ1) is 21.9. The van der Waals surface area contributed by atoms with E-state index in [-0.39, 0.29) is 11.8 Å². The lowest BCUT2D eigenvalue weighted by atomic mass is 9.89. The molecule has 174 valence electrons. The topological polar surface area (TPSA) is 78.4 Å². The van der Waals surface area contributed by atoms with Gasteiger partial charge in [0.2, 0.25) is 11.8 Å². The predicted octanol–water partition coefficient (Wildman–Crippen LogP) is 3.52. The van der Waals surface area contributed by atoms with E-state index in [1.165, 1.54) is 18.4 Å². The van der Waals surface area contributed by atoms with Crippen molar-refractivity contribution < 1.29 is 9.59 Å². The van der Waals surface area contributed by atoms with Crippen molar-refractivity contribution in [1.29, 1.82) is 0 Å². The van der Waals surface area contributed by atoms with Gasteiger partial charge >= 0.3 is 0 Å². The van der Waals surface area contributed by atoms with Gasteiger partial charge in [0.25, 0.3) is 0 Å². The summed E-state index contributed by atoms with van der Waals surface area (Å²) in [5, 5.41) is 11.0. The number of amides is 2. The molecule has 3 heterocycles. The van der Waals surface area contributed by atoms with Gasteiger partial charge in [-0.15, -0.1) is 5.10 Å². The van der Waals surface area contributed by atoms with E-state index in [2.05, 4.69) is 37.4 Å². The molecule has 2 aliphatic heterocycles. The van der Waals surface area contributed by atoms with Crippen molar-refractivity contribution in [2.24, 2.45) is 17.8 Å². The fraction of sp³-hybridized carbons (Fsp3) is 0.538. The van der Waals surface area contributed by atoms with E-state index in [1.54, 1.807) is 6.20 Å². The molecule has 3 fully saturated rings. The molecular formula is C26H33N5O2. The Morgan fingerprint density at radius 1 is 0.939 bits per heavy atom. The average molecular weight is 448 g/mol. The molecule has 0 atom stereocenters. The first-order valence-electron chi connectivity index (χ1n) is 12.4. The molecule has 33 heavy (non-hydrogen) atoms. The quantitative estimate of drug-likeness (QED) is 0.733. The number of likely N-dealkylation sites (tertiary alicyclic amines) is 1. The molecule has 5 rings (SSSR count). The van der Waals surface area contributed by atoms with Gasteiger partial charge in [-0.2, -0.15) is 5.10 Å². The summed E-state index contributed by atoms with van der Waals surface area (Å²) in [6.45, 7) is 3.15. The molecule has 0 unspecified atom stereocenters. The Balaban J connectivity index is 1.05. The highest BCUT2D eigenvalue weighted by atomic mass is 16.2. The maximum atomic E-state index is 12.6. The highest BCUT2D eigenvalue weighted by Gasteiger charge is 2.34. The van der Waals surface area contributed by atoms with Gasteiger partial charge in [-0.25, -0.2) is 0 Å². The van der Waals surface area contributed by atoms with Gasteiger partial charge in [-0.3, -0.25) is 9.59 Å². The van der Waals surface area contributed by atoms with Crippen LogP contribution in [0.15, 0.2) is 42.6 Å². The van der Waals surface area contributed by atoms with Crippen molar-refractivity contribution >= 4 is 23.3 Å². The maximum absolute atomic E-state index is 12.6. The average Bonchev–Trinajstić information content (AvgIpc) is 3.35. The van der Waals surface area contributed by atoms with Crippen molar-refractivity contribution in [3.8, 4) is 0 Å². The summed E-state index contributed by atoms with van der Waals surface area (Å²) in [5.41, 5.74) is 2.14. The number of hydrogen-bond acceptors (Lipinski definition) is 5. The number of nitrogens with zero attached hydrogens (tertiary/aromatic N) is 4. The molecule has 1 N–H and O–H groups in total. The minimum Gasteiger partial charge on any atom is -0.353 e. The van der Waals surface area contributed by atoms with Gasteiger partial charge in [-0.05, 0) is 67.9 Å². The van der Waals surface area contributed by atoms with Crippen LogP contribution in [0.25, 0.3) is 0 Å². The molecule has 1 aliphatic carbocycles. The van der Waals surface area contributed by atoms with E-state index in [1.807, 2.05) is 24.3 Å². The standard InChI is InChI=1S/C26H33N5O2/c32-25(22-17-31(18-22)24-6-3-13-27-29-24)28-23-9-7-19(8-10-23)16-20-11-14-30(15-12-20)26(33)21-4-1-2-5-21/h3,6-10,13,20-22H,1-2,4-5,11-12,14-18H2,(H,28,32). The lowest BCUT2D eigenvalue weighted by Crippen LogP contribution is -2.52. The SMILES string of the molecule is O=C(Nc1ccc(CC2CCN(C(=O)C3CCCC3)CC2)cc1)C1CN(c2cccnn2)C1. The smallest absolute Gasteiger partial charge is 0.231 e. The number of aromatic nitrogens is 2. The number of rotatable bonds is 6. The molecule has 0 bridgehead atoms. The van der Waals surface area contributed by atoms with Crippen LogP contribution in [0.2, 0.25) is 0 Å². The summed E-state index contributed by atoms with van der Waals surface area (Å²) in [5.74, 6) is 2.17. The number of benzene rings is 1. The number of carbonyl (C=O) groups excluding carboxylic acids is 2. The van der Waals surface area contributed by atoms with Crippen molar-refractivity contribution in [1.82, 2.24) is 15.1 Å². The highest BCUT2D eigenvalue weighted by molar-refractivity contribution is 5.94. The summed E-state index contributed by atoms with van der Waals surface area (Å²) in [7, 11) is 0. The maximum Gasteiger partial charge on any atom is 0.231 e. The lowest BCUT2D eigenvalue weighted by molar-refractivity contribution is -0.136. The fourth-order valence-electron chi connectivity index (χ4n) is 5.38. The molecule has 2 saturated heterocycles. The van der Waals surface area contributed by atoms with Crippen LogP contribution in [-0.4, -0.2) is 53.1 Å². The molecule has 1 aromatic heterocycles. The third-order valence-corrected chi connectivity index (χ3v) is 7.51. The molecule has 0 spiro atoms. The second-order valence-electron chi connectivity index (χ2n) is 9.82. The van der Waals surface area contributed by atoms with Crippen LogP contribution in [0.4, 0.5) is 11.5 Å². The third kappa shape index (κ3) is 5.18. The predicted molar refractivity (Wildman–Crippen MR) is 128 cm³/mol. The summed E-state index contributed by atoms with van der Waals surface area (Å²) in [4.78, 5) is 29.4. The Hall–Kier alpha value is -2.96. The Morgan fingerprint density at radius 2 is 1.67 bits per heavy atom. The Bertz CT molecular complexity index is 944. The van der Waals surface area contributed by atoms with Gasteiger partial charge < -0.3 is 15.1 Å². The summed E-state index contributed by atoms with van der Waals surface area (Å²) in [6.07, 6.45) is 9.46. The van der Waals surface area contributed by atoms with E-state index < -0.39 is 0 Å².